The second-order valence-corrected chi connectivity index (χ2v) is 6.24. The van der Waals surface area contributed by atoms with Gasteiger partial charge in [-0.15, -0.1) is 11.8 Å². The van der Waals surface area contributed by atoms with Crippen LogP contribution in [0.1, 0.15) is 11.4 Å². The summed E-state index contributed by atoms with van der Waals surface area (Å²) in [6.07, 6.45) is 0. The first-order valence-corrected chi connectivity index (χ1v) is 7.88. The molecule has 0 atom stereocenters. The third-order valence-corrected chi connectivity index (χ3v) is 4.79. The van der Waals surface area contributed by atoms with Gasteiger partial charge in [0.05, 0.1) is 22.8 Å². The number of hydrogen-bond donors (Lipinski definition) is 1. The predicted octanol–water partition coefficient (Wildman–Crippen LogP) is 2.22. The fourth-order valence-corrected chi connectivity index (χ4v) is 3.50. The summed E-state index contributed by atoms with van der Waals surface area (Å²) >= 11 is 1.79. The van der Waals surface area contributed by atoms with Crippen LogP contribution in [-0.4, -0.2) is 28.0 Å². The average molecular weight is 302 g/mol. The van der Waals surface area contributed by atoms with E-state index < -0.39 is 0 Å². The number of rotatable bonds is 2. The minimum atomic E-state index is 0.0494. The largest absolute Gasteiger partial charge is 0.396 e. The van der Waals surface area contributed by atoms with E-state index in [4.69, 9.17) is 5.73 Å². The van der Waals surface area contributed by atoms with E-state index in [1.807, 2.05) is 36.9 Å². The lowest BCUT2D eigenvalue weighted by atomic mass is 10.2. The molecular weight excluding hydrogens is 284 g/mol. The van der Waals surface area contributed by atoms with Gasteiger partial charge in [-0.2, -0.15) is 5.10 Å². The van der Waals surface area contributed by atoms with E-state index in [0.29, 0.717) is 5.69 Å². The Hall–Kier alpha value is -1.95. The maximum Gasteiger partial charge on any atom is 0.248 e. The molecule has 0 fully saturated rings. The molecule has 2 heterocycles. The maximum atomic E-state index is 12.6. The predicted molar refractivity (Wildman–Crippen MR) is 85.6 cm³/mol. The molecule has 2 aromatic rings. The smallest absolute Gasteiger partial charge is 0.248 e. The summed E-state index contributed by atoms with van der Waals surface area (Å²) in [5.74, 6) is 0.968. The number of fused-ring (bicyclic) bond motifs is 1. The number of amides is 1. The summed E-state index contributed by atoms with van der Waals surface area (Å²) in [4.78, 5) is 15.6. The Bertz CT molecular complexity index is 695. The Morgan fingerprint density at radius 3 is 2.86 bits per heavy atom. The van der Waals surface area contributed by atoms with E-state index in [1.165, 1.54) is 0 Å². The van der Waals surface area contributed by atoms with Crippen LogP contribution in [0.15, 0.2) is 29.2 Å². The Balaban J connectivity index is 1.85. The first-order chi connectivity index (χ1) is 10.1. The number of nitrogens with two attached hydrogens (primary N) is 1. The molecule has 21 heavy (non-hydrogen) atoms. The molecule has 2 N–H and O–H groups in total. The van der Waals surface area contributed by atoms with Crippen LogP contribution in [-0.2, 0) is 11.3 Å². The Morgan fingerprint density at radius 1 is 1.38 bits per heavy atom. The summed E-state index contributed by atoms with van der Waals surface area (Å²) in [6.45, 7) is 4.71. The molecule has 1 amide bonds. The van der Waals surface area contributed by atoms with Gasteiger partial charge in [0, 0.05) is 17.2 Å². The number of hydrogen-bond acceptors (Lipinski definition) is 4. The number of aromatic nitrogens is 2. The number of anilines is 2. The quantitative estimate of drug-likeness (QED) is 0.924. The summed E-state index contributed by atoms with van der Waals surface area (Å²) in [7, 11) is 0. The highest BCUT2D eigenvalue weighted by Gasteiger charge is 2.23. The van der Waals surface area contributed by atoms with Gasteiger partial charge in [-0.3, -0.25) is 9.48 Å². The van der Waals surface area contributed by atoms with Gasteiger partial charge in [-0.05, 0) is 26.0 Å². The molecule has 1 aliphatic heterocycles. The lowest BCUT2D eigenvalue weighted by molar-refractivity contribution is -0.119. The Labute approximate surface area is 128 Å². The first-order valence-electron chi connectivity index (χ1n) is 6.89. The van der Waals surface area contributed by atoms with Crippen molar-refractivity contribution in [1.29, 1.82) is 0 Å². The average Bonchev–Trinajstić information content (AvgIpc) is 2.74. The molecule has 3 rings (SSSR count). The molecule has 0 bridgehead atoms. The normalized spacial score (nSPS) is 14.1. The highest BCUT2D eigenvalue weighted by atomic mass is 32.2. The molecule has 1 aromatic carbocycles. The SMILES string of the molecule is Cc1nn(CC(=O)N2CCSc3ccccc32)c(C)c1N. The number of aryl methyl sites for hydroxylation is 1. The van der Waals surface area contributed by atoms with E-state index in [0.717, 1.165) is 34.3 Å². The molecule has 0 radical (unpaired) electrons. The molecule has 0 unspecified atom stereocenters. The molecule has 110 valence electrons. The third-order valence-electron chi connectivity index (χ3n) is 3.75. The standard InChI is InChI=1S/C15H18N4OS/c1-10-15(16)11(2)19(17-10)9-14(20)18-7-8-21-13-6-4-3-5-12(13)18/h3-6H,7-9,16H2,1-2H3. The topological polar surface area (TPSA) is 64.2 Å². The summed E-state index contributed by atoms with van der Waals surface area (Å²) in [5, 5.41) is 4.34. The highest BCUT2D eigenvalue weighted by Crippen LogP contribution is 2.34. The van der Waals surface area contributed by atoms with Crippen molar-refractivity contribution in [3.8, 4) is 0 Å². The maximum absolute atomic E-state index is 12.6. The van der Waals surface area contributed by atoms with Gasteiger partial charge < -0.3 is 10.6 Å². The molecule has 1 aromatic heterocycles. The van der Waals surface area contributed by atoms with Gasteiger partial charge in [0.15, 0.2) is 0 Å². The number of thioether (sulfide) groups is 1. The van der Waals surface area contributed by atoms with Crippen LogP contribution in [0.2, 0.25) is 0 Å². The van der Waals surface area contributed by atoms with E-state index >= 15 is 0 Å². The lowest BCUT2D eigenvalue weighted by Crippen LogP contribution is -2.38. The van der Waals surface area contributed by atoms with Crippen molar-refractivity contribution in [3.05, 3.63) is 35.7 Å². The third kappa shape index (κ3) is 2.51. The van der Waals surface area contributed by atoms with Crippen LogP contribution < -0.4 is 10.6 Å². The Kier molecular flexibility index (Phi) is 3.63. The molecule has 0 saturated heterocycles. The molecule has 0 spiro atoms. The number of carbonyl (C=O) groups is 1. The van der Waals surface area contributed by atoms with Crippen molar-refractivity contribution in [3.63, 3.8) is 0 Å². The van der Waals surface area contributed by atoms with E-state index in [1.54, 1.807) is 16.4 Å². The van der Waals surface area contributed by atoms with Gasteiger partial charge in [-0.1, -0.05) is 12.1 Å². The van der Waals surface area contributed by atoms with Crippen LogP contribution in [0.25, 0.3) is 0 Å². The number of para-hydroxylation sites is 1. The van der Waals surface area contributed by atoms with Gasteiger partial charge >= 0.3 is 0 Å². The van der Waals surface area contributed by atoms with Crippen molar-refractivity contribution in [2.75, 3.05) is 22.9 Å². The first kappa shape index (κ1) is 14.0. The molecule has 1 aliphatic rings. The van der Waals surface area contributed by atoms with E-state index in [-0.39, 0.29) is 12.5 Å². The Morgan fingerprint density at radius 2 is 2.14 bits per heavy atom. The summed E-state index contributed by atoms with van der Waals surface area (Å²) in [5.41, 5.74) is 9.20. The number of nitrogens with zero attached hydrogens (tertiary/aromatic N) is 3. The molecular formula is C15H18N4OS. The van der Waals surface area contributed by atoms with Crippen LogP contribution in [0.5, 0.6) is 0 Å². The summed E-state index contributed by atoms with van der Waals surface area (Å²) in [6, 6.07) is 8.02. The van der Waals surface area contributed by atoms with Gasteiger partial charge in [0.1, 0.15) is 6.54 Å². The number of benzene rings is 1. The second-order valence-electron chi connectivity index (χ2n) is 5.10. The van der Waals surface area contributed by atoms with E-state index in [2.05, 4.69) is 11.2 Å². The zero-order valence-electron chi connectivity index (χ0n) is 12.2. The summed E-state index contributed by atoms with van der Waals surface area (Å²) < 4.78 is 1.69. The monoisotopic (exact) mass is 302 g/mol. The molecule has 0 saturated carbocycles. The molecule has 5 nitrogen and oxygen atoms in total. The fraction of sp³-hybridized carbons (Fsp3) is 0.333. The molecule has 0 aliphatic carbocycles. The number of nitrogen functional groups attached to an aromatic ring is 1. The minimum absolute atomic E-state index is 0.0494. The van der Waals surface area contributed by atoms with Crippen LogP contribution in [0.4, 0.5) is 11.4 Å². The van der Waals surface area contributed by atoms with Gasteiger partial charge in [0.25, 0.3) is 0 Å². The zero-order chi connectivity index (χ0) is 15.0. The van der Waals surface area contributed by atoms with Crippen molar-refractivity contribution in [2.45, 2.75) is 25.3 Å². The van der Waals surface area contributed by atoms with Crippen LogP contribution >= 0.6 is 11.8 Å². The van der Waals surface area contributed by atoms with E-state index in [9.17, 15) is 4.79 Å². The van der Waals surface area contributed by atoms with Crippen LogP contribution in [0, 0.1) is 13.8 Å². The lowest BCUT2D eigenvalue weighted by Gasteiger charge is -2.29. The molecule has 6 heteroatoms. The fourth-order valence-electron chi connectivity index (χ4n) is 2.51. The van der Waals surface area contributed by atoms with Gasteiger partial charge in [-0.25, -0.2) is 0 Å². The van der Waals surface area contributed by atoms with Crippen molar-refractivity contribution in [2.24, 2.45) is 0 Å². The van der Waals surface area contributed by atoms with Crippen molar-refractivity contribution >= 4 is 29.0 Å². The minimum Gasteiger partial charge on any atom is -0.396 e. The second kappa shape index (κ2) is 5.44. The van der Waals surface area contributed by atoms with Gasteiger partial charge in [0.2, 0.25) is 5.91 Å². The van der Waals surface area contributed by atoms with Crippen LogP contribution in [0.3, 0.4) is 0 Å². The van der Waals surface area contributed by atoms with Crippen molar-refractivity contribution in [1.82, 2.24) is 9.78 Å². The highest BCUT2D eigenvalue weighted by molar-refractivity contribution is 7.99. The zero-order valence-corrected chi connectivity index (χ0v) is 13.0. The van der Waals surface area contributed by atoms with Crippen molar-refractivity contribution < 1.29 is 4.79 Å². The number of carbonyl (C=O) groups excluding carboxylic acids is 1.